The maximum absolute atomic E-state index is 13.9. The van der Waals surface area contributed by atoms with Crippen molar-refractivity contribution in [3.8, 4) is 0 Å². The van der Waals surface area contributed by atoms with Crippen molar-refractivity contribution in [2.45, 2.75) is 31.7 Å². The largest absolute Gasteiger partial charge is 0.481 e. The van der Waals surface area contributed by atoms with E-state index in [0.717, 1.165) is 0 Å². The minimum Gasteiger partial charge on any atom is -0.481 e. The highest BCUT2D eigenvalue weighted by atomic mass is 19.4. The fraction of sp³-hybridized carbons (Fsp3) is 0.263. The average molecular weight is 417 g/mol. The van der Waals surface area contributed by atoms with E-state index in [2.05, 4.69) is 5.32 Å². The minimum absolute atomic E-state index is 0.131. The average Bonchev–Trinajstić information content (AvgIpc) is 2.62. The highest BCUT2D eigenvalue weighted by molar-refractivity contribution is 5.69. The minimum atomic E-state index is -5.24. The maximum Gasteiger partial charge on any atom is 0.422 e. The Labute approximate surface area is 162 Å². The molecule has 5 nitrogen and oxygen atoms in total. The van der Waals surface area contributed by atoms with E-state index in [9.17, 15) is 31.5 Å². The molecule has 0 aliphatic heterocycles. The van der Waals surface area contributed by atoms with E-state index < -0.39 is 47.9 Å². The number of ether oxygens (including phenoxy) is 1. The van der Waals surface area contributed by atoms with Crippen LogP contribution in [-0.4, -0.2) is 17.2 Å². The molecule has 0 aliphatic rings. The molecular weight excluding hydrogens is 401 g/mol. The predicted octanol–water partition coefficient (Wildman–Crippen LogP) is 4.82. The van der Waals surface area contributed by atoms with Crippen LogP contribution in [0.4, 0.5) is 26.7 Å². The lowest BCUT2D eigenvalue weighted by Crippen LogP contribution is -2.30. The summed E-state index contributed by atoms with van der Waals surface area (Å²) in [5, 5.41) is 11.0. The Hall–Kier alpha value is -3.17. The van der Waals surface area contributed by atoms with Crippen LogP contribution >= 0.6 is 0 Å². The number of amides is 1. The SMILES string of the molecule is O=C(O)CCC(NC(=O)OCc1ccccc1)c1cc(F)c(C(F)(F)F)c(F)c1. The molecule has 1 amide bonds. The lowest BCUT2D eigenvalue weighted by Gasteiger charge is -2.20. The molecule has 0 radical (unpaired) electrons. The highest BCUT2D eigenvalue weighted by Gasteiger charge is 2.38. The van der Waals surface area contributed by atoms with Crippen LogP contribution in [-0.2, 0) is 22.3 Å². The van der Waals surface area contributed by atoms with Crippen LogP contribution in [0.5, 0.6) is 0 Å². The zero-order chi connectivity index (χ0) is 21.6. The number of alkyl halides is 3. The Morgan fingerprint density at radius 1 is 1.07 bits per heavy atom. The Morgan fingerprint density at radius 3 is 2.17 bits per heavy atom. The predicted molar refractivity (Wildman–Crippen MR) is 90.7 cm³/mol. The summed E-state index contributed by atoms with van der Waals surface area (Å²) in [7, 11) is 0. The van der Waals surface area contributed by atoms with Gasteiger partial charge < -0.3 is 15.2 Å². The van der Waals surface area contributed by atoms with Crippen molar-refractivity contribution < 1.29 is 41.4 Å². The van der Waals surface area contributed by atoms with Crippen molar-refractivity contribution in [3.05, 3.63) is 70.8 Å². The fourth-order valence-corrected chi connectivity index (χ4v) is 2.56. The summed E-state index contributed by atoms with van der Waals surface area (Å²) < 4.78 is 70.8. The molecule has 1 unspecified atom stereocenters. The topological polar surface area (TPSA) is 75.6 Å². The lowest BCUT2D eigenvalue weighted by atomic mass is 9.99. The van der Waals surface area contributed by atoms with Crippen LogP contribution in [0.3, 0.4) is 0 Å². The number of alkyl carbamates (subject to hydrolysis) is 1. The summed E-state index contributed by atoms with van der Waals surface area (Å²) in [6.45, 7) is -0.131. The van der Waals surface area contributed by atoms with Gasteiger partial charge in [-0.3, -0.25) is 4.79 Å². The van der Waals surface area contributed by atoms with Gasteiger partial charge >= 0.3 is 18.2 Å². The van der Waals surface area contributed by atoms with Gasteiger partial charge in [-0.15, -0.1) is 0 Å². The van der Waals surface area contributed by atoms with Crippen LogP contribution < -0.4 is 5.32 Å². The molecule has 0 spiro atoms. The summed E-state index contributed by atoms with van der Waals surface area (Å²) >= 11 is 0. The van der Waals surface area contributed by atoms with Crippen LogP contribution in [0.15, 0.2) is 42.5 Å². The smallest absolute Gasteiger partial charge is 0.422 e. The van der Waals surface area contributed by atoms with E-state index in [1.807, 2.05) is 0 Å². The first-order valence-electron chi connectivity index (χ1n) is 8.33. The normalized spacial score (nSPS) is 12.3. The van der Waals surface area contributed by atoms with Crippen LogP contribution in [0.25, 0.3) is 0 Å². The molecule has 0 saturated carbocycles. The summed E-state index contributed by atoms with van der Waals surface area (Å²) in [4.78, 5) is 22.8. The van der Waals surface area contributed by atoms with Crippen molar-refractivity contribution in [2.24, 2.45) is 0 Å². The Balaban J connectivity index is 2.19. The summed E-state index contributed by atoms with van der Waals surface area (Å²) in [6.07, 6.45) is -7.09. The molecule has 2 aromatic rings. The number of hydrogen-bond donors (Lipinski definition) is 2. The van der Waals surface area contributed by atoms with Crippen LogP contribution in [0.2, 0.25) is 0 Å². The number of nitrogens with one attached hydrogen (secondary N) is 1. The molecule has 10 heteroatoms. The second-order valence-electron chi connectivity index (χ2n) is 6.05. The molecule has 2 aromatic carbocycles. The van der Waals surface area contributed by atoms with Gasteiger partial charge in [0.15, 0.2) is 0 Å². The Morgan fingerprint density at radius 2 is 1.66 bits per heavy atom. The molecule has 0 aliphatic carbocycles. The van der Waals surface area contributed by atoms with Gasteiger partial charge in [-0.25, -0.2) is 13.6 Å². The van der Waals surface area contributed by atoms with Crippen molar-refractivity contribution in [1.82, 2.24) is 5.32 Å². The van der Waals surface area contributed by atoms with Crippen molar-refractivity contribution >= 4 is 12.1 Å². The molecule has 0 bridgehead atoms. The summed E-state index contributed by atoms with van der Waals surface area (Å²) in [6, 6.07) is 8.07. The van der Waals surface area contributed by atoms with Gasteiger partial charge in [0.2, 0.25) is 0 Å². The molecule has 2 rings (SSSR count). The van der Waals surface area contributed by atoms with E-state index >= 15 is 0 Å². The molecule has 0 saturated heterocycles. The van der Waals surface area contributed by atoms with E-state index in [4.69, 9.17) is 9.84 Å². The standard InChI is InChI=1S/C19H16F5NO4/c20-13-8-12(9-14(21)17(13)19(22,23)24)15(6-7-16(26)27)25-18(28)29-10-11-4-2-1-3-5-11/h1-5,8-9,15H,6-7,10H2,(H,25,28)(H,26,27). The van der Waals surface area contributed by atoms with E-state index in [1.54, 1.807) is 30.3 Å². The third-order valence-electron chi connectivity index (χ3n) is 3.90. The van der Waals surface area contributed by atoms with Crippen molar-refractivity contribution in [3.63, 3.8) is 0 Å². The monoisotopic (exact) mass is 417 g/mol. The fourth-order valence-electron chi connectivity index (χ4n) is 2.56. The van der Waals surface area contributed by atoms with Crippen molar-refractivity contribution in [2.75, 3.05) is 0 Å². The number of benzene rings is 2. The zero-order valence-corrected chi connectivity index (χ0v) is 14.8. The molecule has 2 N–H and O–H groups in total. The van der Waals surface area contributed by atoms with Gasteiger partial charge in [-0.05, 0) is 29.7 Å². The first-order chi connectivity index (χ1) is 13.6. The number of carboxylic acids is 1. The van der Waals surface area contributed by atoms with Gasteiger partial charge in [0.05, 0.1) is 6.04 Å². The van der Waals surface area contributed by atoms with E-state index in [0.29, 0.717) is 17.7 Å². The zero-order valence-electron chi connectivity index (χ0n) is 14.8. The second kappa shape index (κ2) is 9.35. The molecule has 156 valence electrons. The van der Waals surface area contributed by atoms with Crippen LogP contribution in [0.1, 0.15) is 35.6 Å². The van der Waals surface area contributed by atoms with Crippen LogP contribution in [0, 0.1) is 11.6 Å². The van der Waals surface area contributed by atoms with E-state index in [-0.39, 0.29) is 18.6 Å². The number of aliphatic carboxylic acids is 1. The molecule has 1 atom stereocenters. The number of carboxylic acid groups (broad SMARTS) is 1. The molecule has 29 heavy (non-hydrogen) atoms. The van der Waals surface area contributed by atoms with Gasteiger partial charge in [0.25, 0.3) is 0 Å². The third kappa shape index (κ3) is 6.44. The Bertz CT molecular complexity index is 848. The molecule has 0 heterocycles. The highest BCUT2D eigenvalue weighted by Crippen LogP contribution is 2.35. The number of carbonyl (C=O) groups excluding carboxylic acids is 1. The van der Waals surface area contributed by atoms with E-state index in [1.165, 1.54) is 0 Å². The number of halogens is 5. The summed E-state index contributed by atoms with van der Waals surface area (Å²) in [5.41, 5.74) is -1.77. The first-order valence-corrected chi connectivity index (χ1v) is 8.33. The maximum atomic E-state index is 13.9. The number of hydrogen-bond acceptors (Lipinski definition) is 3. The van der Waals surface area contributed by atoms with Gasteiger partial charge in [-0.1, -0.05) is 30.3 Å². The summed E-state index contributed by atoms with van der Waals surface area (Å²) in [5.74, 6) is -5.00. The molecule has 0 aromatic heterocycles. The number of rotatable bonds is 7. The second-order valence-corrected chi connectivity index (χ2v) is 6.05. The number of carbonyl (C=O) groups is 2. The molecule has 0 fully saturated rings. The first kappa shape index (κ1) is 22.1. The quantitative estimate of drug-likeness (QED) is 0.634. The van der Waals surface area contributed by atoms with Gasteiger partial charge in [-0.2, -0.15) is 13.2 Å². The lowest BCUT2D eigenvalue weighted by molar-refractivity contribution is -0.142. The van der Waals surface area contributed by atoms with Crippen molar-refractivity contribution in [1.29, 1.82) is 0 Å². The Kier molecular flexibility index (Phi) is 7.13. The van der Waals surface area contributed by atoms with Gasteiger partial charge in [0, 0.05) is 6.42 Å². The molecular formula is C19H16F5NO4. The van der Waals surface area contributed by atoms with Gasteiger partial charge in [0.1, 0.15) is 23.8 Å². The third-order valence-corrected chi connectivity index (χ3v) is 3.90.